The highest BCUT2D eigenvalue weighted by Gasteiger charge is 2.13. The van der Waals surface area contributed by atoms with Gasteiger partial charge in [-0.05, 0) is 12.3 Å². The molecular formula is C11H17F2N3O. The van der Waals surface area contributed by atoms with Crippen LogP contribution in [0.5, 0.6) is 5.88 Å². The Morgan fingerprint density at radius 1 is 1.47 bits per heavy atom. The lowest BCUT2D eigenvalue weighted by atomic mass is 10.1. The van der Waals surface area contributed by atoms with E-state index in [9.17, 15) is 8.78 Å². The fourth-order valence-electron chi connectivity index (χ4n) is 1.45. The molecule has 1 aromatic rings. The summed E-state index contributed by atoms with van der Waals surface area (Å²) in [7, 11) is 0. The maximum absolute atomic E-state index is 13.3. The molecule has 96 valence electrons. The Morgan fingerprint density at radius 2 is 2.18 bits per heavy atom. The molecule has 1 rings (SSSR count). The summed E-state index contributed by atoms with van der Waals surface area (Å²) in [6.07, 6.45) is 2.00. The molecule has 0 spiro atoms. The van der Waals surface area contributed by atoms with E-state index in [1.807, 2.05) is 12.3 Å². The zero-order valence-electron chi connectivity index (χ0n) is 9.96. The van der Waals surface area contributed by atoms with Crippen LogP contribution < -0.4 is 16.0 Å². The van der Waals surface area contributed by atoms with Crippen molar-refractivity contribution < 1.29 is 13.5 Å². The van der Waals surface area contributed by atoms with Crippen LogP contribution in [0.2, 0.25) is 0 Å². The number of aromatic nitrogens is 1. The van der Waals surface area contributed by atoms with Crippen LogP contribution in [0.1, 0.15) is 26.7 Å². The van der Waals surface area contributed by atoms with Gasteiger partial charge in [-0.15, -0.1) is 0 Å². The number of rotatable bonds is 6. The van der Waals surface area contributed by atoms with Gasteiger partial charge in [0.2, 0.25) is 0 Å². The molecule has 1 unspecified atom stereocenters. The number of halogens is 2. The molecule has 1 heterocycles. The van der Waals surface area contributed by atoms with E-state index in [4.69, 9.17) is 10.6 Å². The van der Waals surface area contributed by atoms with Crippen LogP contribution in [0, 0.1) is 17.6 Å². The first-order valence-electron chi connectivity index (χ1n) is 5.53. The first kappa shape index (κ1) is 13.6. The molecule has 0 aliphatic rings. The Kier molecular flexibility index (Phi) is 5.09. The van der Waals surface area contributed by atoms with Gasteiger partial charge >= 0.3 is 0 Å². The normalized spacial score (nSPS) is 12.3. The van der Waals surface area contributed by atoms with Crippen molar-refractivity contribution in [3.05, 3.63) is 17.7 Å². The molecule has 4 nitrogen and oxygen atoms in total. The van der Waals surface area contributed by atoms with Crippen molar-refractivity contribution in [1.82, 2.24) is 4.98 Å². The van der Waals surface area contributed by atoms with E-state index in [2.05, 4.69) is 11.9 Å². The van der Waals surface area contributed by atoms with Crippen LogP contribution in [-0.2, 0) is 0 Å². The van der Waals surface area contributed by atoms with Crippen LogP contribution in [0.15, 0.2) is 6.07 Å². The quantitative estimate of drug-likeness (QED) is 0.597. The average Bonchev–Trinajstić information content (AvgIpc) is 2.28. The van der Waals surface area contributed by atoms with Gasteiger partial charge in [-0.25, -0.2) is 14.6 Å². The summed E-state index contributed by atoms with van der Waals surface area (Å²) in [4.78, 5) is 3.61. The van der Waals surface area contributed by atoms with Crippen molar-refractivity contribution in [2.45, 2.75) is 26.7 Å². The Bertz CT molecular complexity index is 374. The van der Waals surface area contributed by atoms with Crippen LogP contribution >= 0.6 is 0 Å². The number of hydrogen-bond acceptors (Lipinski definition) is 4. The van der Waals surface area contributed by atoms with Crippen molar-refractivity contribution in [1.29, 1.82) is 0 Å². The Morgan fingerprint density at radius 3 is 2.76 bits per heavy atom. The smallest absolute Gasteiger partial charge is 0.252 e. The number of nitrogen functional groups attached to an aromatic ring is 1. The molecule has 0 saturated carbocycles. The van der Waals surface area contributed by atoms with Gasteiger partial charge in [-0.2, -0.15) is 4.98 Å². The molecule has 17 heavy (non-hydrogen) atoms. The first-order valence-corrected chi connectivity index (χ1v) is 5.53. The highest BCUT2D eigenvalue weighted by Crippen LogP contribution is 2.21. The minimum Gasteiger partial charge on any atom is -0.475 e. The second-order valence-corrected chi connectivity index (χ2v) is 3.95. The van der Waals surface area contributed by atoms with E-state index in [0.717, 1.165) is 12.8 Å². The van der Waals surface area contributed by atoms with Crippen molar-refractivity contribution in [2.75, 3.05) is 12.0 Å². The molecule has 0 aliphatic carbocycles. The molecule has 1 aromatic heterocycles. The van der Waals surface area contributed by atoms with Crippen molar-refractivity contribution in [3.8, 4) is 5.88 Å². The molecule has 0 aliphatic heterocycles. The molecule has 0 aromatic carbocycles. The zero-order valence-corrected chi connectivity index (χ0v) is 9.96. The Labute approximate surface area is 99.1 Å². The largest absolute Gasteiger partial charge is 0.475 e. The molecule has 3 N–H and O–H groups in total. The predicted molar refractivity (Wildman–Crippen MR) is 61.5 cm³/mol. The minimum atomic E-state index is -0.848. The molecule has 6 heteroatoms. The predicted octanol–water partition coefficient (Wildman–Crippen LogP) is 2.46. The van der Waals surface area contributed by atoms with E-state index in [-0.39, 0.29) is 11.7 Å². The van der Waals surface area contributed by atoms with Gasteiger partial charge in [0.05, 0.1) is 6.61 Å². The number of pyridine rings is 1. The molecule has 0 amide bonds. The van der Waals surface area contributed by atoms with E-state index < -0.39 is 11.6 Å². The maximum atomic E-state index is 13.3. The van der Waals surface area contributed by atoms with Gasteiger partial charge in [0.15, 0.2) is 17.5 Å². The third kappa shape index (κ3) is 3.81. The average molecular weight is 245 g/mol. The van der Waals surface area contributed by atoms with Crippen LogP contribution in [0.25, 0.3) is 0 Å². The number of ether oxygens (including phenoxy) is 1. The number of nitrogens with two attached hydrogens (primary N) is 1. The monoisotopic (exact) mass is 245 g/mol. The summed E-state index contributed by atoms with van der Waals surface area (Å²) in [6.45, 7) is 4.39. The zero-order chi connectivity index (χ0) is 12.8. The SMILES string of the molecule is CCCC(C)COc1nc(NN)c(F)cc1F. The highest BCUT2D eigenvalue weighted by molar-refractivity contribution is 5.38. The van der Waals surface area contributed by atoms with Gasteiger partial charge in [-0.3, -0.25) is 0 Å². The van der Waals surface area contributed by atoms with Crippen molar-refractivity contribution in [3.63, 3.8) is 0 Å². The molecule has 1 atom stereocenters. The molecule has 0 bridgehead atoms. The lowest BCUT2D eigenvalue weighted by molar-refractivity contribution is 0.232. The number of hydrogen-bond donors (Lipinski definition) is 2. The summed E-state index contributed by atoms with van der Waals surface area (Å²) in [5.41, 5.74) is 2.04. The van der Waals surface area contributed by atoms with Crippen molar-refractivity contribution >= 4 is 5.82 Å². The van der Waals surface area contributed by atoms with E-state index in [1.54, 1.807) is 0 Å². The fourth-order valence-corrected chi connectivity index (χ4v) is 1.45. The highest BCUT2D eigenvalue weighted by atomic mass is 19.1. The maximum Gasteiger partial charge on any atom is 0.252 e. The minimum absolute atomic E-state index is 0.232. The van der Waals surface area contributed by atoms with Crippen LogP contribution in [0.4, 0.5) is 14.6 Å². The Hall–Kier alpha value is -1.43. The molecular weight excluding hydrogens is 228 g/mol. The third-order valence-corrected chi connectivity index (χ3v) is 2.32. The second-order valence-electron chi connectivity index (χ2n) is 3.95. The summed E-state index contributed by atoms with van der Waals surface area (Å²) < 4.78 is 31.6. The number of nitrogens with zero attached hydrogens (tertiary/aromatic N) is 1. The number of nitrogens with one attached hydrogen (secondary N) is 1. The van der Waals surface area contributed by atoms with Gasteiger partial charge in [0.1, 0.15) is 0 Å². The lowest BCUT2D eigenvalue weighted by Crippen LogP contribution is -2.14. The molecule has 0 saturated heterocycles. The van der Waals surface area contributed by atoms with E-state index >= 15 is 0 Å². The summed E-state index contributed by atoms with van der Waals surface area (Å²) in [6, 6.07) is 0.696. The van der Waals surface area contributed by atoms with Gasteiger partial charge in [-0.1, -0.05) is 20.3 Å². The first-order chi connectivity index (χ1) is 8.08. The molecule has 0 fully saturated rings. The molecule has 0 radical (unpaired) electrons. The van der Waals surface area contributed by atoms with Gasteiger partial charge in [0, 0.05) is 6.07 Å². The lowest BCUT2D eigenvalue weighted by Gasteiger charge is -2.12. The fraction of sp³-hybridized carbons (Fsp3) is 0.545. The van der Waals surface area contributed by atoms with Crippen molar-refractivity contribution in [2.24, 2.45) is 11.8 Å². The standard InChI is InChI=1S/C11H17F2N3O/c1-3-4-7(2)6-17-11-9(13)5-8(12)10(15-11)16-14/h5,7H,3-4,6,14H2,1-2H3,(H,15,16). The third-order valence-electron chi connectivity index (χ3n) is 2.32. The summed E-state index contributed by atoms with van der Waals surface area (Å²) >= 11 is 0. The second kappa shape index (κ2) is 6.34. The van der Waals surface area contributed by atoms with Crippen LogP contribution in [0.3, 0.4) is 0 Å². The van der Waals surface area contributed by atoms with Gasteiger partial charge in [0.25, 0.3) is 5.88 Å². The topological polar surface area (TPSA) is 60.2 Å². The number of anilines is 1. The van der Waals surface area contributed by atoms with E-state index in [1.165, 1.54) is 0 Å². The Balaban J connectivity index is 2.70. The van der Waals surface area contributed by atoms with E-state index in [0.29, 0.717) is 18.6 Å². The van der Waals surface area contributed by atoms with Crippen LogP contribution in [-0.4, -0.2) is 11.6 Å². The summed E-state index contributed by atoms with van der Waals surface area (Å²) in [5.74, 6) is 3.19. The summed E-state index contributed by atoms with van der Waals surface area (Å²) in [5, 5.41) is 0. The van der Waals surface area contributed by atoms with Gasteiger partial charge < -0.3 is 10.2 Å². The number of hydrazine groups is 1.